The Morgan fingerprint density at radius 3 is 2.22 bits per heavy atom. The van der Waals surface area contributed by atoms with E-state index in [9.17, 15) is 14.9 Å². The van der Waals surface area contributed by atoms with Crippen LogP contribution in [0.25, 0.3) is 0 Å². The number of halogens is 1. The Hall–Kier alpha value is -3.24. The largest absolute Gasteiger partial charge is 0.460 e. The van der Waals surface area contributed by atoms with Crippen molar-refractivity contribution in [3.63, 3.8) is 0 Å². The molecule has 0 aliphatic carbocycles. The van der Waals surface area contributed by atoms with Crippen molar-refractivity contribution >= 4 is 34.9 Å². The number of carbonyl (C=O) groups excluding carboxylic acids is 2. The van der Waals surface area contributed by atoms with Crippen LogP contribution in [0.15, 0.2) is 42.5 Å². The van der Waals surface area contributed by atoms with Gasteiger partial charge in [-0.15, -0.1) is 0 Å². The number of amides is 1. The van der Waals surface area contributed by atoms with Gasteiger partial charge in [-0.25, -0.2) is 0 Å². The number of ether oxygens (including phenoxy) is 1. The van der Waals surface area contributed by atoms with Crippen LogP contribution in [0.3, 0.4) is 0 Å². The number of likely N-dealkylation sites (tertiary alicyclic amines) is 1. The lowest BCUT2D eigenvalue weighted by molar-refractivity contribution is -0.161. The first-order chi connectivity index (χ1) is 19.5. The maximum atomic E-state index is 13.2. The number of hydrogen-bond acceptors (Lipinski definition) is 6. The molecule has 7 nitrogen and oxygen atoms in total. The van der Waals surface area contributed by atoms with Crippen LogP contribution in [0, 0.1) is 22.7 Å². The highest BCUT2D eigenvalue weighted by molar-refractivity contribution is 6.32. The second-order valence-corrected chi connectivity index (χ2v) is 13.5. The van der Waals surface area contributed by atoms with E-state index in [1.807, 2.05) is 56.0 Å². The molecule has 1 amide bonds. The summed E-state index contributed by atoms with van der Waals surface area (Å²) in [5.41, 5.74) is 3.24. The highest BCUT2D eigenvalue weighted by atomic mass is 35.5. The first-order valence-electron chi connectivity index (χ1n) is 14.8. The van der Waals surface area contributed by atoms with Crippen molar-refractivity contribution in [1.82, 2.24) is 4.90 Å². The maximum Gasteiger partial charge on any atom is 0.309 e. The molecule has 3 fully saturated rings. The highest BCUT2D eigenvalue weighted by Crippen LogP contribution is 2.46. The van der Waals surface area contributed by atoms with E-state index < -0.39 is 5.60 Å². The van der Waals surface area contributed by atoms with Gasteiger partial charge in [0, 0.05) is 55.7 Å². The van der Waals surface area contributed by atoms with Gasteiger partial charge in [-0.3, -0.25) is 9.59 Å². The predicted octanol–water partition coefficient (Wildman–Crippen LogP) is 6.29. The molecule has 0 saturated carbocycles. The molecule has 0 aromatic heterocycles. The molecule has 8 heteroatoms. The average molecular weight is 577 g/mol. The standard InChI is InChI=1S/C33H41ClN4O3/c1-23-20-33(22-38(23)28-10-7-26(21-35)29(34)19-28)13-17-36(18-14-33)27-8-5-24(6-9-27)30(39)37-15-11-25(12-16-37)31(40)41-32(2,3)4/h5-10,19,23,25H,11-18,20,22H2,1-4H3/t23-/m0/s1. The molecule has 41 heavy (non-hydrogen) atoms. The summed E-state index contributed by atoms with van der Waals surface area (Å²) in [5, 5.41) is 9.73. The van der Waals surface area contributed by atoms with Gasteiger partial charge in [0.05, 0.1) is 16.5 Å². The Morgan fingerprint density at radius 1 is 1.00 bits per heavy atom. The van der Waals surface area contributed by atoms with Crippen LogP contribution >= 0.6 is 11.6 Å². The SMILES string of the molecule is C[C@H]1CC2(CCN(c3ccc(C(=O)N4CCC(C(=O)OC(C)(C)C)CC4)cc3)CC2)CN1c1ccc(C#N)c(Cl)c1. The van der Waals surface area contributed by atoms with Crippen molar-refractivity contribution in [1.29, 1.82) is 5.26 Å². The van der Waals surface area contributed by atoms with Crippen molar-refractivity contribution in [2.75, 3.05) is 42.5 Å². The molecule has 1 spiro atoms. The lowest BCUT2D eigenvalue weighted by Crippen LogP contribution is -2.42. The Morgan fingerprint density at radius 2 is 1.63 bits per heavy atom. The molecular formula is C33H41ClN4O3. The van der Waals surface area contributed by atoms with Gasteiger partial charge < -0.3 is 19.4 Å². The molecule has 1 atom stereocenters. The van der Waals surface area contributed by atoms with Crippen LogP contribution in [0.5, 0.6) is 0 Å². The monoisotopic (exact) mass is 576 g/mol. The Kier molecular flexibility index (Phi) is 8.25. The van der Waals surface area contributed by atoms with Crippen molar-refractivity contribution in [2.45, 2.75) is 71.4 Å². The quantitative estimate of drug-likeness (QED) is 0.398. The minimum absolute atomic E-state index is 0.0275. The fourth-order valence-corrected chi connectivity index (χ4v) is 6.96. The summed E-state index contributed by atoms with van der Waals surface area (Å²) in [6.07, 6.45) is 4.66. The number of carbonyl (C=O) groups is 2. The molecule has 3 aliphatic rings. The third-order valence-electron chi connectivity index (χ3n) is 9.00. The number of nitrogens with zero attached hydrogens (tertiary/aromatic N) is 4. The molecule has 5 rings (SSSR count). The number of nitriles is 1. The lowest BCUT2D eigenvalue weighted by Gasteiger charge is -2.40. The van der Waals surface area contributed by atoms with Crippen molar-refractivity contribution < 1.29 is 14.3 Å². The zero-order valence-corrected chi connectivity index (χ0v) is 25.4. The first kappa shape index (κ1) is 29.3. The van der Waals surface area contributed by atoms with Gasteiger partial charge in [-0.1, -0.05) is 11.6 Å². The molecular weight excluding hydrogens is 536 g/mol. The van der Waals surface area contributed by atoms with E-state index in [2.05, 4.69) is 34.9 Å². The smallest absolute Gasteiger partial charge is 0.309 e. The van der Waals surface area contributed by atoms with Crippen LogP contribution in [0.4, 0.5) is 11.4 Å². The molecule has 0 radical (unpaired) electrons. The van der Waals surface area contributed by atoms with E-state index in [1.54, 1.807) is 0 Å². The minimum atomic E-state index is -0.489. The van der Waals surface area contributed by atoms with Crippen molar-refractivity contribution in [3.05, 3.63) is 58.6 Å². The summed E-state index contributed by atoms with van der Waals surface area (Å²) in [5.74, 6) is -0.268. The van der Waals surface area contributed by atoms with Crippen LogP contribution in [-0.2, 0) is 9.53 Å². The number of benzene rings is 2. The summed E-state index contributed by atoms with van der Waals surface area (Å²) in [7, 11) is 0. The summed E-state index contributed by atoms with van der Waals surface area (Å²) < 4.78 is 5.54. The molecule has 0 bridgehead atoms. The van der Waals surface area contributed by atoms with E-state index in [0.29, 0.717) is 48.1 Å². The number of esters is 1. The molecule has 3 heterocycles. The topological polar surface area (TPSA) is 76.9 Å². The van der Waals surface area contributed by atoms with E-state index >= 15 is 0 Å². The Balaban J connectivity index is 1.14. The molecule has 2 aromatic rings. The normalized spacial score (nSPS) is 21.2. The zero-order valence-electron chi connectivity index (χ0n) is 24.7. The molecule has 3 saturated heterocycles. The Bertz CT molecular complexity index is 1310. The van der Waals surface area contributed by atoms with Gasteiger partial charge in [-0.05, 0) is 108 Å². The molecule has 0 N–H and O–H groups in total. The second kappa shape index (κ2) is 11.6. The summed E-state index contributed by atoms with van der Waals surface area (Å²) >= 11 is 6.33. The van der Waals surface area contributed by atoms with E-state index in [4.69, 9.17) is 16.3 Å². The third-order valence-corrected chi connectivity index (χ3v) is 9.31. The van der Waals surface area contributed by atoms with Gasteiger partial charge in [0.2, 0.25) is 0 Å². The van der Waals surface area contributed by atoms with Crippen LogP contribution in [-0.4, -0.2) is 61.1 Å². The predicted molar refractivity (Wildman–Crippen MR) is 162 cm³/mol. The maximum absolute atomic E-state index is 13.2. The van der Waals surface area contributed by atoms with E-state index in [0.717, 1.165) is 50.3 Å². The van der Waals surface area contributed by atoms with Crippen LogP contribution in [0.1, 0.15) is 75.7 Å². The van der Waals surface area contributed by atoms with Crippen LogP contribution < -0.4 is 9.80 Å². The Labute approximate surface area is 249 Å². The molecule has 218 valence electrons. The highest BCUT2D eigenvalue weighted by Gasteiger charge is 2.44. The van der Waals surface area contributed by atoms with E-state index in [-0.39, 0.29) is 23.2 Å². The van der Waals surface area contributed by atoms with Gasteiger partial charge in [0.1, 0.15) is 11.7 Å². The second-order valence-electron chi connectivity index (χ2n) is 13.1. The van der Waals surface area contributed by atoms with Gasteiger partial charge in [0.25, 0.3) is 5.91 Å². The van der Waals surface area contributed by atoms with Gasteiger partial charge in [0.15, 0.2) is 0 Å². The molecule has 0 unspecified atom stereocenters. The van der Waals surface area contributed by atoms with Crippen molar-refractivity contribution in [3.8, 4) is 6.07 Å². The molecule has 2 aromatic carbocycles. The zero-order chi connectivity index (χ0) is 29.4. The molecule has 3 aliphatic heterocycles. The number of rotatable bonds is 4. The third kappa shape index (κ3) is 6.48. The van der Waals surface area contributed by atoms with E-state index in [1.165, 1.54) is 0 Å². The number of anilines is 2. The average Bonchev–Trinajstić information content (AvgIpc) is 3.27. The van der Waals surface area contributed by atoms with Crippen LogP contribution in [0.2, 0.25) is 5.02 Å². The minimum Gasteiger partial charge on any atom is -0.460 e. The number of hydrogen-bond donors (Lipinski definition) is 0. The summed E-state index contributed by atoms with van der Waals surface area (Å²) in [6, 6.07) is 16.4. The lowest BCUT2D eigenvalue weighted by atomic mass is 9.76. The summed E-state index contributed by atoms with van der Waals surface area (Å²) in [6.45, 7) is 12.0. The fraction of sp³-hybridized carbons (Fsp3) is 0.545. The fourth-order valence-electron chi connectivity index (χ4n) is 6.74. The number of piperidine rings is 2. The first-order valence-corrected chi connectivity index (χ1v) is 15.2. The summed E-state index contributed by atoms with van der Waals surface area (Å²) in [4.78, 5) is 32.3. The van der Waals surface area contributed by atoms with Gasteiger partial charge >= 0.3 is 5.97 Å². The van der Waals surface area contributed by atoms with Crippen molar-refractivity contribution in [2.24, 2.45) is 11.3 Å². The van der Waals surface area contributed by atoms with Gasteiger partial charge in [-0.2, -0.15) is 5.26 Å².